The molecular formula is C19H19F2NO4. The molecule has 0 aliphatic rings. The van der Waals surface area contributed by atoms with Crippen LogP contribution in [0.4, 0.5) is 8.78 Å². The molecule has 0 fully saturated rings. The van der Waals surface area contributed by atoms with Gasteiger partial charge in [-0.15, -0.1) is 0 Å². The quantitative estimate of drug-likeness (QED) is 0.782. The third-order valence-electron chi connectivity index (χ3n) is 3.66. The molecule has 5 nitrogen and oxygen atoms in total. The van der Waals surface area contributed by atoms with Crippen LogP contribution in [0.2, 0.25) is 0 Å². The van der Waals surface area contributed by atoms with Crippen LogP contribution in [0, 0.1) is 18.6 Å². The van der Waals surface area contributed by atoms with Crippen molar-refractivity contribution < 1.29 is 28.2 Å². The fourth-order valence-corrected chi connectivity index (χ4v) is 2.32. The highest BCUT2D eigenvalue weighted by molar-refractivity contribution is 5.78. The van der Waals surface area contributed by atoms with Crippen molar-refractivity contribution in [1.82, 2.24) is 4.90 Å². The van der Waals surface area contributed by atoms with Crippen LogP contribution in [0.15, 0.2) is 42.5 Å². The van der Waals surface area contributed by atoms with Crippen molar-refractivity contribution in [3.05, 3.63) is 65.2 Å². The average molecular weight is 363 g/mol. The summed E-state index contributed by atoms with van der Waals surface area (Å²) in [4.78, 5) is 24.5. The fraction of sp³-hybridized carbons (Fsp3) is 0.263. The van der Waals surface area contributed by atoms with Crippen molar-refractivity contribution >= 4 is 11.9 Å². The second kappa shape index (κ2) is 8.94. The van der Waals surface area contributed by atoms with Crippen LogP contribution in [0.5, 0.6) is 5.75 Å². The summed E-state index contributed by atoms with van der Waals surface area (Å²) in [6.07, 6.45) is -0.264. The Kier molecular flexibility index (Phi) is 6.66. The number of hydrogen-bond acceptors (Lipinski definition) is 3. The topological polar surface area (TPSA) is 66.8 Å². The number of aliphatic carboxylic acids is 1. The number of aryl methyl sites for hydroxylation is 1. The van der Waals surface area contributed by atoms with Gasteiger partial charge in [-0.25, -0.2) is 8.78 Å². The lowest BCUT2D eigenvalue weighted by Gasteiger charge is -2.22. The van der Waals surface area contributed by atoms with Crippen LogP contribution in [-0.2, 0) is 16.1 Å². The van der Waals surface area contributed by atoms with Gasteiger partial charge in [0.05, 0.1) is 6.42 Å². The van der Waals surface area contributed by atoms with Gasteiger partial charge in [-0.2, -0.15) is 0 Å². The number of amides is 1. The molecule has 0 heterocycles. The molecule has 0 aliphatic heterocycles. The number of carbonyl (C=O) groups is 2. The highest BCUT2D eigenvalue weighted by Gasteiger charge is 2.17. The normalized spacial score (nSPS) is 10.4. The summed E-state index contributed by atoms with van der Waals surface area (Å²) < 4.78 is 31.8. The van der Waals surface area contributed by atoms with Crippen LogP contribution in [0.25, 0.3) is 0 Å². The molecule has 0 unspecified atom stereocenters. The monoisotopic (exact) mass is 363 g/mol. The maximum absolute atomic E-state index is 13.4. The number of carboxylic acid groups (broad SMARTS) is 1. The van der Waals surface area contributed by atoms with Gasteiger partial charge in [0.25, 0.3) is 5.91 Å². The summed E-state index contributed by atoms with van der Waals surface area (Å²) in [5, 5.41) is 8.85. The highest BCUT2D eigenvalue weighted by Crippen LogP contribution is 2.14. The summed E-state index contributed by atoms with van der Waals surface area (Å²) in [6, 6.07) is 10.4. The number of nitrogens with zero attached hydrogens (tertiary/aromatic N) is 1. The smallest absolute Gasteiger partial charge is 0.305 e. The van der Waals surface area contributed by atoms with E-state index >= 15 is 0 Å². The Balaban J connectivity index is 2.05. The molecule has 0 saturated heterocycles. The number of carbonyl (C=O) groups excluding carboxylic acids is 1. The van der Waals surface area contributed by atoms with E-state index in [1.54, 1.807) is 18.2 Å². The number of carboxylic acids is 1. The zero-order valence-corrected chi connectivity index (χ0v) is 14.2. The van der Waals surface area contributed by atoms with Crippen molar-refractivity contribution in [3.8, 4) is 5.75 Å². The molecule has 0 aromatic heterocycles. The van der Waals surface area contributed by atoms with Gasteiger partial charge >= 0.3 is 5.97 Å². The predicted octanol–water partition coefficient (Wildman–Crippen LogP) is 3.16. The van der Waals surface area contributed by atoms with Crippen LogP contribution >= 0.6 is 0 Å². The molecule has 2 aromatic rings. The van der Waals surface area contributed by atoms with Gasteiger partial charge < -0.3 is 14.7 Å². The van der Waals surface area contributed by atoms with E-state index in [-0.39, 0.29) is 26.1 Å². The molecule has 26 heavy (non-hydrogen) atoms. The number of rotatable bonds is 8. The Morgan fingerprint density at radius 3 is 2.54 bits per heavy atom. The minimum Gasteiger partial charge on any atom is -0.484 e. The Morgan fingerprint density at radius 1 is 1.12 bits per heavy atom. The molecule has 0 aliphatic carbocycles. The van der Waals surface area contributed by atoms with Gasteiger partial charge in [-0.3, -0.25) is 9.59 Å². The predicted molar refractivity (Wildman–Crippen MR) is 90.7 cm³/mol. The molecule has 138 valence electrons. The zero-order valence-electron chi connectivity index (χ0n) is 14.2. The second-order valence-corrected chi connectivity index (χ2v) is 5.81. The van der Waals surface area contributed by atoms with Gasteiger partial charge in [-0.1, -0.05) is 18.2 Å². The van der Waals surface area contributed by atoms with Gasteiger partial charge in [0.15, 0.2) is 18.2 Å². The number of benzene rings is 2. The molecular weight excluding hydrogens is 344 g/mol. The maximum Gasteiger partial charge on any atom is 0.305 e. The third kappa shape index (κ3) is 5.84. The second-order valence-electron chi connectivity index (χ2n) is 5.81. The highest BCUT2D eigenvalue weighted by atomic mass is 19.2. The standard InChI is InChI=1S/C19H19F2NO4/c1-13-3-2-4-15(9-13)26-12-18(23)22(8-7-19(24)25)11-14-5-6-16(20)17(21)10-14/h2-6,9-10H,7-8,11-12H2,1H3,(H,24,25). The van der Waals surface area contributed by atoms with E-state index < -0.39 is 23.5 Å². The molecule has 2 rings (SSSR count). The van der Waals surface area contributed by atoms with E-state index in [9.17, 15) is 18.4 Å². The molecule has 0 radical (unpaired) electrons. The lowest BCUT2D eigenvalue weighted by atomic mass is 10.2. The number of ether oxygens (including phenoxy) is 1. The van der Waals surface area contributed by atoms with Crippen molar-refractivity contribution in [1.29, 1.82) is 0 Å². The SMILES string of the molecule is Cc1cccc(OCC(=O)N(CCC(=O)O)Cc2ccc(F)c(F)c2)c1. The Labute approximate surface area is 149 Å². The first-order valence-corrected chi connectivity index (χ1v) is 7.98. The third-order valence-corrected chi connectivity index (χ3v) is 3.66. The van der Waals surface area contributed by atoms with Gasteiger partial charge in [0.2, 0.25) is 0 Å². The van der Waals surface area contributed by atoms with Crippen LogP contribution in [0.3, 0.4) is 0 Å². The molecule has 0 spiro atoms. The fourth-order valence-electron chi connectivity index (χ4n) is 2.32. The number of hydrogen-bond donors (Lipinski definition) is 1. The van der Waals surface area contributed by atoms with E-state index in [0.29, 0.717) is 11.3 Å². The first kappa shape index (κ1) is 19.4. The summed E-state index contributed by atoms with van der Waals surface area (Å²) in [5.41, 5.74) is 1.33. The molecule has 7 heteroatoms. The minimum absolute atomic E-state index is 0.0412. The summed E-state index contributed by atoms with van der Waals surface area (Å²) in [5.74, 6) is -3.00. The molecule has 1 amide bonds. The van der Waals surface area contributed by atoms with E-state index in [0.717, 1.165) is 17.7 Å². The van der Waals surface area contributed by atoms with E-state index in [2.05, 4.69) is 0 Å². The molecule has 0 bridgehead atoms. The van der Waals surface area contributed by atoms with Crippen molar-refractivity contribution in [2.45, 2.75) is 19.9 Å². The maximum atomic E-state index is 13.4. The van der Waals surface area contributed by atoms with E-state index in [1.807, 2.05) is 13.0 Å². The van der Waals surface area contributed by atoms with E-state index in [1.165, 1.54) is 11.0 Å². The van der Waals surface area contributed by atoms with Crippen LogP contribution in [0.1, 0.15) is 17.5 Å². The lowest BCUT2D eigenvalue weighted by molar-refractivity contribution is -0.139. The molecule has 0 saturated carbocycles. The summed E-state index contributed by atoms with van der Waals surface area (Å²) >= 11 is 0. The Bertz CT molecular complexity index is 795. The van der Waals surface area contributed by atoms with Crippen molar-refractivity contribution in [2.24, 2.45) is 0 Å². The first-order chi connectivity index (χ1) is 12.3. The number of halogens is 2. The van der Waals surface area contributed by atoms with Crippen molar-refractivity contribution in [2.75, 3.05) is 13.2 Å². The van der Waals surface area contributed by atoms with Gasteiger partial charge in [0, 0.05) is 13.1 Å². The van der Waals surface area contributed by atoms with Gasteiger partial charge in [-0.05, 0) is 42.3 Å². The first-order valence-electron chi connectivity index (χ1n) is 7.98. The lowest BCUT2D eigenvalue weighted by Crippen LogP contribution is -2.36. The Hall–Kier alpha value is -2.96. The average Bonchev–Trinajstić information content (AvgIpc) is 2.59. The Morgan fingerprint density at radius 2 is 1.88 bits per heavy atom. The zero-order chi connectivity index (χ0) is 19.1. The largest absolute Gasteiger partial charge is 0.484 e. The molecule has 1 N–H and O–H groups in total. The van der Waals surface area contributed by atoms with Crippen LogP contribution in [-0.4, -0.2) is 35.0 Å². The molecule has 0 atom stereocenters. The minimum atomic E-state index is -1.06. The summed E-state index contributed by atoms with van der Waals surface area (Å²) in [6.45, 7) is 1.49. The van der Waals surface area contributed by atoms with E-state index in [4.69, 9.17) is 9.84 Å². The van der Waals surface area contributed by atoms with Gasteiger partial charge in [0.1, 0.15) is 5.75 Å². The van der Waals surface area contributed by atoms with Crippen molar-refractivity contribution in [3.63, 3.8) is 0 Å². The molecule has 2 aromatic carbocycles. The van der Waals surface area contributed by atoms with Crippen LogP contribution < -0.4 is 4.74 Å². The summed E-state index contributed by atoms with van der Waals surface area (Å²) in [7, 11) is 0.